The monoisotopic (exact) mass is 180 g/mol. The summed E-state index contributed by atoms with van der Waals surface area (Å²) in [5, 5.41) is 0.951. The third kappa shape index (κ3) is 0.967. The molecule has 0 aliphatic carbocycles. The van der Waals surface area contributed by atoms with Crippen molar-refractivity contribution in [2.24, 2.45) is 0 Å². The first-order valence-corrected chi connectivity index (χ1v) is 3.67. The van der Waals surface area contributed by atoms with Crippen LogP contribution in [0.5, 0.6) is 0 Å². The molecule has 0 radical (unpaired) electrons. The van der Waals surface area contributed by atoms with E-state index < -0.39 is 0 Å². The van der Waals surface area contributed by atoms with E-state index in [-0.39, 0.29) is 0 Å². The quantitative estimate of drug-likeness (QED) is 0.620. The van der Waals surface area contributed by atoms with E-state index in [0.29, 0.717) is 21.9 Å². The molecule has 60 valence electrons. The minimum Gasteiger partial charge on any atom is -0.398 e. The van der Waals surface area contributed by atoms with E-state index in [1.807, 2.05) is 0 Å². The summed E-state index contributed by atoms with van der Waals surface area (Å²) >= 11 is 5.79. The molecule has 4 nitrogen and oxygen atoms in total. The van der Waals surface area contributed by atoms with E-state index in [1.54, 1.807) is 12.3 Å². The Labute approximate surface area is 73.4 Å². The number of aromatic nitrogens is 3. The van der Waals surface area contributed by atoms with E-state index >= 15 is 0 Å². The Kier molecular flexibility index (Phi) is 1.55. The Bertz CT molecular complexity index is 392. The summed E-state index contributed by atoms with van der Waals surface area (Å²) in [6.07, 6.45) is 2.94. The molecule has 0 aliphatic heterocycles. The second-order valence-corrected chi connectivity index (χ2v) is 2.62. The highest BCUT2D eigenvalue weighted by atomic mass is 35.5. The van der Waals surface area contributed by atoms with Crippen LogP contribution in [0, 0.1) is 0 Å². The molecular weight excluding hydrogens is 176 g/mol. The Morgan fingerprint density at radius 2 is 2.08 bits per heavy atom. The molecule has 0 aromatic carbocycles. The summed E-state index contributed by atoms with van der Waals surface area (Å²) in [7, 11) is 0. The van der Waals surface area contributed by atoms with Crippen LogP contribution in [-0.4, -0.2) is 15.0 Å². The molecule has 2 N–H and O–H groups in total. The topological polar surface area (TPSA) is 64.7 Å². The van der Waals surface area contributed by atoms with E-state index in [9.17, 15) is 0 Å². The number of hydrogen-bond donors (Lipinski definition) is 1. The number of anilines is 1. The standard InChI is InChI=1S/C7H5ClN4/c8-6-5-4(9)1-2-10-7(5)12-3-11-6/h1-3H,(H2,9,10,11,12). The zero-order valence-electron chi connectivity index (χ0n) is 6.03. The van der Waals surface area contributed by atoms with Crippen LogP contribution in [0.25, 0.3) is 11.0 Å². The van der Waals surface area contributed by atoms with Crippen molar-refractivity contribution in [2.75, 3.05) is 5.73 Å². The zero-order chi connectivity index (χ0) is 8.55. The number of pyridine rings is 1. The van der Waals surface area contributed by atoms with Gasteiger partial charge < -0.3 is 5.73 Å². The maximum Gasteiger partial charge on any atom is 0.166 e. The molecule has 12 heavy (non-hydrogen) atoms. The average molecular weight is 181 g/mol. The van der Waals surface area contributed by atoms with E-state index in [0.717, 1.165) is 0 Å². The smallest absolute Gasteiger partial charge is 0.166 e. The largest absolute Gasteiger partial charge is 0.398 e. The Morgan fingerprint density at radius 3 is 2.83 bits per heavy atom. The summed E-state index contributed by atoms with van der Waals surface area (Å²) < 4.78 is 0. The summed E-state index contributed by atoms with van der Waals surface area (Å²) in [6.45, 7) is 0. The van der Waals surface area contributed by atoms with Gasteiger partial charge >= 0.3 is 0 Å². The van der Waals surface area contributed by atoms with Crippen LogP contribution in [0.2, 0.25) is 5.15 Å². The molecule has 0 spiro atoms. The third-order valence-electron chi connectivity index (χ3n) is 1.52. The zero-order valence-corrected chi connectivity index (χ0v) is 6.78. The van der Waals surface area contributed by atoms with Gasteiger partial charge in [0.25, 0.3) is 0 Å². The Balaban J connectivity index is 2.96. The highest BCUT2D eigenvalue weighted by molar-refractivity contribution is 6.34. The van der Waals surface area contributed by atoms with Crippen molar-refractivity contribution >= 4 is 28.3 Å². The molecule has 0 unspecified atom stereocenters. The van der Waals surface area contributed by atoms with Gasteiger partial charge in [-0.2, -0.15) is 0 Å². The molecule has 5 heteroatoms. The van der Waals surface area contributed by atoms with Crippen LogP contribution in [0.1, 0.15) is 0 Å². The van der Waals surface area contributed by atoms with Crippen LogP contribution in [0.3, 0.4) is 0 Å². The molecule has 2 aromatic rings. The summed E-state index contributed by atoms with van der Waals surface area (Å²) in [5.41, 5.74) is 6.72. The molecule has 0 amide bonds. The lowest BCUT2D eigenvalue weighted by Gasteiger charge is -1.99. The number of halogens is 1. The normalized spacial score (nSPS) is 10.4. The van der Waals surface area contributed by atoms with Gasteiger partial charge in [0.15, 0.2) is 5.65 Å². The van der Waals surface area contributed by atoms with E-state index in [2.05, 4.69) is 15.0 Å². The molecule has 0 bridgehead atoms. The minimum absolute atomic E-state index is 0.339. The summed E-state index contributed by atoms with van der Waals surface area (Å²) in [5.74, 6) is 0. The lowest BCUT2D eigenvalue weighted by Crippen LogP contribution is -1.92. The lowest BCUT2D eigenvalue weighted by molar-refractivity contribution is 1.18. The molecule has 2 aromatic heterocycles. The van der Waals surface area contributed by atoms with Crippen LogP contribution < -0.4 is 5.73 Å². The van der Waals surface area contributed by atoms with Gasteiger partial charge in [0.2, 0.25) is 0 Å². The van der Waals surface area contributed by atoms with Gasteiger partial charge in [-0.05, 0) is 6.07 Å². The minimum atomic E-state index is 0.339. The fraction of sp³-hybridized carbons (Fsp3) is 0. The molecular formula is C7H5ClN4. The number of nitrogens with two attached hydrogens (primary N) is 1. The number of nitrogens with zero attached hydrogens (tertiary/aromatic N) is 3. The fourth-order valence-corrected chi connectivity index (χ4v) is 1.21. The van der Waals surface area contributed by atoms with Crippen LogP contribution in [-0.2, 0) is 0 Å². The van der Waals surface area contributed by atoms with Gasteiger partial charge in [0, 0.05) is 11.9 Å². The van der Waals surface area contributed by atoms with Crippen molar-refractivity contribution in [1.82, 2.24) is 15.0 Å². The first-order chi connectivity index (χ1) is 5.79. The van der Waals surface area contributed by atoms with Crippen molar-refractivity contribution in [3.05, 3.63) is 23.7 Å². The number of nitrogen functional groups attached to an aromatic ring is 1. The van der Waals surface area contributed by atoms with Crippen molar-refractivity contribution in [2.45, 2.75) is 0 Å². The molecule has 0 aliphatic rings. The maximum atomic E-state index is 5.79. The number of hydrogen-bond acceptors (Lipinski definition) is 4. The molecule has 0 atom stereocenters. The molecule has 2 heterocycles. The lowest BCUT2D eigenvalue weighted by atomic mass is 10.3. The first kappa shape index (κ1) is 7.24. The summed E-state index contributed by atoms with van der Waals surface area (Å²) in [6, 6.07) is 1.66. The predicted molar refractivity (Wildman–Crippen MR) is 46.8 cm³/mol. The van der Waals surface area contributed by atoms with E-state index in [1.165, 1.54) is 6.33 Å². The van der Waals surface area contributed by atoms with Gasteiger partial charge in [0.1, 0.15) is 11.5 Å². The fourth-order valence-electron chi connectivity index (χ4n) is 0.973. The van der Waals surface area contributed by atoms with Gasteiger partial charge in [0.05, 0.1) is 5.39 Å². The van der Waals surface area contributed by atoms with Gasteiger partial charge in [-0.3, -0.25) is 0 Å². The Morgan fingerprint density at radius 1 is 1.25 bits per heavy atom. The third-order valence-corrected chi connectivity index (χ3v) is 1.81. The average Bonchev–Trinajstić information content (AvgIpc) is 2.04. The molecule has 0 saturated carbocycles. The highest BCUT2D eigenvalue weighted by Crippen LogP contribution is 2.22. The van der Waals surface area contributed by atoms with Crippen LogP contribution in [0.15, 0.2) is 18.6 Å². The summed E-state index contributed by atoms with van der Waals surface area (Å²) in [4.78, 5) is 11.7. The predicted octanol–water partition coefficient (Wildman–Crippen LogP) is 1.26. The van der Waals surface area contributed by atoms with Gasteiger partial charge in [-0.1, -0.05) is 11.6 Å². The van der Waals surface area contributed by atoms with Crippen molar-refractivity contribution < 1.29 is 0 Å². The number of rotatable bonds is 0. The molecule has 2 rings (SSSR count). The molecule has 0 saturated heterocycles. The first-order valence-electron chi connectivity index (χ1n) is 3.30. The SMILES string of the molecule is Nc1ccnc2ncnc(Cl)c12. The second-order valence-electron chi connectivity index (χ2n) is 2.26. The van der Waals surface area contributed by atoms with E-state index in [4.69, 9.17) is 17.3 Å². The van der Waals surface area contributed by atoms with Crippen molar-refractivity contribution in [3.63, 3.8) is 0 Å². The van der Waals surface area contributed by atoms with Crippen LogP contribution in [0.4, 0.5) is 5.69 Å². The number of fused-ring (bicyclic) bond motifs is 1. The maximum absolute atomic E-state index is 5.79. The van der Waals surface area contributed by atoms with Gasteiger partial charge in [-0.25, -0.2) is 15.0 Å². The Hall–Kier alpha value is -1.42. The highest BCUT2D eigenvalue weighted by Gasteiger charge is 2.04. The van der Waals surface area contributed by atoms with Crippen molar-refractivity contribution in [1.29, 1.82) is 0 Å². The second kappa shape index (κ2) is 2.57. The van der Waals surface area contributed by atoms with Crippen molar-refractivity contribution in [3.8, 4) is 0 Å². The van der Waals surface area contributed by atoms with Gasteiger partial charge in [-0.15, -0.1) is 0 Å². The molecule has 0 fully saturated rings. The van der Waals surface area contributed by atoms with Crippen LogP contribution >= 0.6 is 11.6 Å².